The summed E-state index contributed by atoms with van der Waals surface area (Å²) in [6.45, 7) is 5.61. The average molecular weight is 348 g/mol. The van der Waals surface area contributed by atoms with Gasteiger partial charge in [-0.05, 0) is 17.5 Å². The van der Waals surface area contributed by atoms with E-state index in [-0.39, 0.29) is 5.91 Å². The second kappa shape index (κ2) is 7.75. The Morgan fingerprint density at radius 1 is 0.923 bits per heavy atom. The molecule has 1 aliphatic heterocycles. The van der Waals surface area contributed by atoms with Gasteiger partial charge in [0, 0.05) is 30.2 Å². The molecule has 0 spiro atoms. The van der Waals surface area contributed by atoms with Crippen molar-refractivity contribution in [2.45, 2.75) is 19.5 Å². The topological polar surface area (TPSA) is 29.7 Å². The van der Waals surface area contributed by atoms with Crippen molar-refractivity contribution in [2.24, 2.45) is 0 Å². The van der Waals surface area contributed by atoms with Gasteiger partial charge in [0.25, 0.3) is 0 Å². The smallest absolute Gasteiger partial charge is 0.224 e. The number of rotatable bonds is 5. The molecule has 0 bridgehead atoms. The van der Waals surface area contributed by atoms with Gasteiger partial charge in [-0.3, -0.25) is 4.79 Å². The standard InChI is InChI=1S/C22H25N3O/c26-22(11-13-24-12-10-20-8-4-5-9-21(20)24)25-16-14-23(15-17-25)18-19-6-2-1-3-7-19/h1-10,12H,11,13-18H2/p+1. The molecular formula is C22H26N3O+. The van der Waals surface area contributed by atoms with E-state index in [4.69, 9.17) is 0 Å². The number of aryl methyl sites for hydroxylation is 1. The normalized spacial score (nSPS) is 15.5. The van der Waals surface area contributed by atoms with Crippen molar-refractivity contribution in [2.75, 3.05) is 26.2 Å². The van der Waals surface area contributed by atoms with Crippen LogP contribution in [0.5, 0.6) is 0 Å². The van der Waals surface area contributed by atoms with Crippen LogP contribution in [0.4, 0.5) is 0 Å². The van der Waals surface area contributed by atoms with Crippen LogP contribution < -0.4 is 4.90 Å². The number of nitrogens with zero attached hydrogens (tertiary/aromatic N) is 2. The van der Waals surface area contributed by atoms with E-state index in [9.17, 15) is 4.79 Å². The second-order valence-electron chi connectivity index (χ2n) is 7.11. The summed E-state index contributed by atoms with van der Waals surface area (Å²) in [7, 11) is 0. The van der Waals surface area contributed by atoms with Crippen LogP contribution in [0.3, 0.4) is 0 Å². The van der Waals surface area contributed by atoms with Crippen molar-refractivity contribution < 1.29 is 9.69 Å². The van der Waals surface area contributed by atoms with Crippen molar-refractivity contribution in [3.8, 4) is 0 Å². The van der Waals surface area contributed by atoms with Crippen LogP contribution in [0.2, 0.25) is 0 Å². The monoisotopic (exact) mass is 348 g/mol. The molecule has 1 amide bonds. The molecule has 3 aromatic rings. The summed E-state index contributed by atoms with van der Waals surface area (Å²) < 4.78 is 2.18. The maximum absolute atomic E-state index is 12.6. The van der Waals surface area contributed by atoms with Crippen LogP contribution in [0, 0.1) is 0 Å². The van der Waals surface area contributed by atoms with E-state index < -0.39 is 0 Å². The van der Waals surface area contributed by atoms with Crippen molar-refractivity contribution in [3.63, 3.8) is 0 Å². The van der Waals surface area contributed by atoms with Gasteiger partial charge in [-0.2, -0.15) is 0 Å². The Balaban J connectivity index is 1.27. The number of fused-ring (bicyclic) bond motifs is 1. The SMILES string of the molecule is O=C(CCn1ccc2ccccc21)N1CC[NH+](Cc2ccccc2)CC1. The van der Waals surface area contributed by atoms with Crippen LogP contribution in [-0.4, -0.2) is 41.6 Å². The lowest BCUT2D eigenvalue weighted by molar-refractivity contribution is -0.917. The summed E-state index contributed by atoms with van der Waals surface area (Å²) in [5, 5.41) is 1.23. The lowest BCUT2D eigenvalue weighted by Gasteiger charge is -2.32. The summed E-state index contributed by atoms with van der Waals surface area (Å²) >= 11 is 0. The molecule has 1 aliphatic rings. The molecule has 1 saturated heterocycles. The van der Waals surface area contributed by atoms with Gasteiger partial charge in [-0.1, -0.05) is 48.5 Å². The number of amides is 1. The van der Waals surface area contributed by atoms with Crippen LogP contribution in [0.1, 0.15) is 12.0 Å². The minimum absolute atomic E-state index is 0.279. The highest BCUT2D eigenvalue weighted by Gasteiger charge is 2.23. The summed E-state index contributed by atoms with van der Waals surface area (Å²) in [5.74, 6) is 0.279. The minimum Gasteiger partial charge on any atom is -0.347 e. The number of piperazine rings is 1. The van der Waals surface area contributed by atoms with Gasteiger partial charge in [0.1, 0.15) is 6.54 Å². The Labute approximate surface area is 154 Å². The molecule has 2 heterocycles. The van der Waals surface area contributed by atoms with Gasteiger partial charge >= 0.3 is 0 Å². The molecule has 0 radical (unpaired) electrons. The predicted molar refractivity (Wildman–Crippen MR) is 104 cm³/mol. The van der Waals surface area contributed by atoms with Gasteiger partial charge in [-0.15, -0.1) is 0 Å². The van der Waals surface area contributed by atoms with Crippen LogP contribution >= 0.6 is 0 Å². The Hall–Kier alpha value is -2.59. The van der Waals surface area contributed by atoms with Crippen LogP contribution in [0.25, 0.3) is 10.9 Å². The molecule has 4 heteroatoms. The van der Waals surface area contributed by atoms with Crippen LogP contribution in [0.15, 0.2) is 66.9 Å². The van der Waals surface area contributed by atoms with E-state index in [1.807, 2.05) is 4.90 Å². The van der Waals surface area contributed by atoms with Gasteiger partial charge in [0.05, 0.1) is 26.2 Å². The van der Waals surface area contributed by atoms with E-state index in [0.717, 1.165) is 39.3 Å². The molecule has 0 aliphatic carbocycles. The third-order valence-corrected chi connectivity index (χ3v) is 5.37. The second-order valence-corrected chi connectivity index (χ2v) is 7.11. The van der Waals surface area contributed by atoms with E-state index >= 15 is 0 Å². The first-order chi connectivity index (χ1) is 12.8. The summed E-state index contributed by atoms with van der Waals surface area (Å²) in [6, 6.07) is 21.1. The van der Waals surface area contributed by atoms with E-state index in [1.54, 1.807) is 4.90 Å². The maximum atomic E-state index is 12.6. The summed E-state index contributed by atoms with van der Waals surface area (Å²) in [5.41, 5.74) is 2.58. The van der Waals surface area contributed by atoms with E-state index in [1.165, 1.54) is 16.5 Å². The lowest BCUT2D eigenvalue weighted by Crippen LogP contribution is -3.13. The Morgan fingerprint density at radius 2 is 1.65 bits per heavy atom. The number of carbonyl (C=O) groups is 1. The van der Waals surface area contributed by atoms with Gasteiger partial charge in [-0.25, -0.2) is 0 Å². The molecule has 4 rings (SSSR count). The van der Waals surface area contributed by atoms with E-state index in [2.05, 4.69) is 71.4 Å². The highest BCUT2D eigenvalue weighted by Crippen LogP contribution is 2.15. The van der Waals surface area contributed by atoms with Gasteiger partial charge in [0.2, 0.25) is 5.91 Å². The predicted octanol–water partition coefficient (Wildman–Crippen LogP) is 1.96. The van der Waals surface area contributed by atoms with Gasteiger partial charge in [0.15, 0.2) is 0 Å². The Kier molecular flexibility index (Phi) is 5.02. The highest BCUT2D eigenvalue weighted by atomic mass is 16.2. The van der Waals surface area contributed by atoms with Crippen LogP contribution in [-0.2, 0) is 17.9 Å². The molecular weight excluding hydrogens is 322 g/mol. The molecule has 134 valence electrons. The number of benzene rings is 2. The number of aromatic nitrogens is 1. The number of carbonyl (C=O) groups excluding carboxylic acids is 1. The zero-order chi connectivity index (χ0) is 17.8. The molecule has 1 aromatic heterocycles. The molecule has 0 saturated carbocycles. The molecule has 26 heavy (non-hydrogen) atoms. The van der Waals surface area contributed by atoms with Crippen molar-refractivity contribution >= 4 is 16.8 Å². The largest absolute Gasteiger partial charge is 0.347 e. The summed E-state index contributed by atoms with van der Waals surface area (Å²) in [6.07, 6.45) is 2.66. The third kappa shape index (κ3) is 3.81. The zero-order valence-corrected chi connectivity index (χ0v) is 15.1. The molecule has 0 unspecified atom stereocenters. The lowest BCUT2D eigenvalue weighted by atomic mass is 10.2. The highest BCUT2D eigenvalue weighted by molar-refractivity contribution is 5.80. The third-order valence-electron chi connectivity index (χ3n) is 5.37. The molecule has 4 nitrogen and oxygen atoms in total. The van der Waals surface area contributed by atoms with Crippen molar-refractivity contribution in [1.82, 2.24) is 9.47 Å². The quantitative estimate of drug-likeness (QED) is 0.750. The number of hydrogen-bond donors (Lipinski definition) is 1. The zero-order valence-electron chi connectivity index (χ0n) is 15.1. The number of nitrogens with one attached hydrogen (secondary N) is 1. The maximum Gasteiger partial charge on any atom is 0.224 e. The molecule has 0 atom stereocenters. The van der Waals surface area contributed by atoms with Gasteiger partial charge < -0.3 is 14.4 Å². The first-order valence-electron chi connectivity index (χ1n) is 9.49. The Morgan fingerprint density at radius 3 is 2.46 bits per heavy atom. The number of quaternary nitrogens is 1. The number of hydrogen-bond acceptors (Lipinski definition) is 1. The van der Waals surface area contributed by atoms with Crippen molar-refractivity contribution in [1.29, 1.82) is 0 Å². The first-order valence-corrected chi connectivity index (χ1v) is 9.49. The fourth-order valence-corrected chi connectivity index (χ4v) is 3.84. The Bertz CT molecular complexity index is 863. The minimum atomic E-state index is 0.279. The molecule has 1 N–H and O–H groups in total. The first kappa shape index (κ1) is 16.9. The average Bonchev–Trinajstić information content (AvgIpc) is 3.11. The van der Waals surface area contributed by atoms with Crippen molar-refractivity contribution in [3.05, 3.63) is 72.4 Å². The fraction of sp³-hybridized carbons (Fsp3) is 0.318. The molecule has 2 aromatic carbocycles. The molecule has 1 fully saturated rings. The van der Waals surface area contributed by atoms with E-state index in [0.29, 0.717) is 6.42 Å². The fourth-order valence-electron chi connectivity index (χ4n) is 3.84. The number of para-hydroxylation sites is 1. The summed E-state index contributed by atoms with van der Waals surface area (Å²) in [4.78, 5) is 16.2.